The van der Waals surface area contributed by atoms with Crippen molar-refractivity contribution in [1.29, 1.82) is 0 Å². The first-order valence-corrected chi connectivity index (χ1v) is 10.5. The largest absolute Gasteiger partial charge is 0.497 e. The second-order valence-electron chi connectivity index (χ2n) is 5.81. The van der Waals surface area contributed by atoms with Crippen LogP contribution in [0.25, 0.3) is 0 Å². The number of methoxy groups -OCH3 is 1. The number of benzene rings is 1. The van der Waals surface area contributed by atoms with Gasteiger partial charge in [0.25, 0.3) is 0 Å². The summed E-state index contributed by atoms with van der Waals surface area (Å²) in [6.07, 6.45) is 1.80. The summed E-state index contributed by atoms with van der Waals surface area (Å²) < 4.78 is 55.8. The highest BCUT2D eigenvalue weighted by atomic mass is 32.2. The molecule has 2 aliphatic rings. The molecule has 1 aliphatic heterocycles. The molecule has 6 nitrogen and oxygen atoms in total. The first-order valence-electron chi connectivity index (χ1n) is 7.20. The molecule has 0 radical (unpaired) electrons. The summed E-state index contributed by atoms with van der Waals surface area (Å²) in [5.41, 5.74) is 0. The van der Waals surface area contributed by atoms with Gasteiger partial charge in [0.15, 0.2) is 9.84 Å². The fourth-order valence-electron chi connectivity index (χ4n) is 2.86. The molecule has 0 bridgehead atoms. The van der Waals surface area contributed by atoms with Crippen molar-refractivity contribution in [2.75, 3.05) is 25.2 Å². The van der Waals surface area contributed by atoms with Gasteiger partial charge in [-0.15, -0.1) is 0 Å². The number of sulfonamides is 1. The van der Waals surface area contributed by atoms with E-state index in [2.05, 4.69) is 0 Å². The lowest BCUT2D eigenvalue weighted by molar-refractivity contribution is 0.311. The zero-order chi connectivity index (χ0) is 16.0. The maximum Gasteiger partial charge on any atom is 0.243 e. The SMILES string of the molecule is COc1ccc(S(=O)(=O)N2CCS(=O)(=O)CC2C2CC2)cc1. The van der Waals surface area contributed by atoms with Gasteiger partial charge >= 0.3 is 0 Å². The molecule has 0 N–H and O–H groups in total. The lowest BCUT2D eigenvalue weighted by atomic mass is 10.2. The lowest BCUT2D eigenvalue weighted by Gasteiger charge is -2.34. The fourth-order valence-corrected chi connectivity index (χ4v) is 6.36. The summed E-state index contributed by atoms with van der Waals surface area (Å²) in [6, 6.07) is 5.77. The van der Waals surface area contributed by atoms with E-state index in [1.165, 1.54) is 23.5 Å². The van der Waals surface area contributed by atoms with Crippen LogP contribution in [0.4, 0.5) is 0 Å². The highest BCUT2D eigenvalue weighted by Crippen LogP contribution is 2.39. The monoisotopic (exact) mass is 345 g/mol. The minimum Gasteiger partial charge on any atom is -0.497 e. The Balaban J connectivity index is 1.92. The van der Waals surface area contributed by atoms with Crippen LogP contribution in [0.15, 0.2) is 29.2 Å². The molecular weight excluding hydrogens is 326 g/mol. The highest BCUT2D eigenvalue weighted by molar-refractivity contribution is 7.92. The molecule has 0 spiro atoms. The second-order valence-corrected chi connectivity index (χ2v) is 9.93. The van der Waals surface area contributed by atoms with Crippen LogP contribution in [0.5, 0.6) is 5.75 Å². The summed E-state index contributed by atoms with van der Waals surface area (Å²) in [4.78, 5) is 0.179. The van der Waals surface area contributed by atoms with Crippen molar-refractivity contribution in [3.63, 3.8) is 0 Å². The zero-order valence-electron chi connectivity index (χ0n) is 12.3. The van der Waals surface area contributed by atoms with Crippen molar-refractivity contribution in [3.05, 3.63) is 24.3 Å². The molecule has 122 valence electrons. The normalized spacial score (nSPS) is 25.8. The van der Waals surface area contributed by atoms with E-state index in [0.717, 1.165) is 12.8 Å². The Morgan fingerprint density at radius 2 is 1.82 bits per heavy atom. The third kappa shape index (κ3) is 3.00. The minimum absolute atomic E-state index is 0.0395. The third-order valence-electron chi connectivity index (χ3n) is 4.25. The third-order valence-corrected chi connectivity index (χ3v) is 7.84. The van der Waals surface area contributed by atoms with E-state index >= 15 is 0 Å². The molecule has 0 aromatic heterocycles. The summed E-state index contributed by atoms with van der Waals surface area (Å²) in [5.74, 6) is 0.584. The standard InChI is InChI=1S/C14H19NO5S2/c1-20-12-4-6-13(7-5-12)22(18,19)15-8-9-21(16,17)10-14(15)11-2-3-11/h4-7,11,14H,2-3,8-10H2,1H3. The van der Waals surface area contributed by atoms with E-state index in [-0.39, 0.29) is 28.9 Å². The first-order chi connectivity index (χ1) is 10.3. The molecule has 1 unspecified atom stereocenters. The number of rotatable bonds is 4. The van der Waals surface area contributed by atoms with Crippen LogP contribution in [0.3, 0.4) is 0 Å². The molecule has 2 fully saturated rings. The quantitative estimate of drug-likeness (QED) is 0.810. The minimum atomic E-state index is -3.68. The van der Waals surface area contributed by atoms with Gasteiger partial charge in [-0.2, -0.15) is 4.31 Å². The van der Waals surface area contributed by atoms with Crippen molar-refractivity contribution >= 4 is 19.9 Å². The van der Waals surface area contributed by atoms with E-state index < -0.39 is 25.9 Å². The molecule has 3 rings (SSSR count). The summed E-state index contributed by atoms with van der Waals surface area (Å²) >= 11 is 0. The highest BCUT2D eigenvalue weighted by Gasteiger charge is 2.46. The Labute approximate surface area is 131 Å². The Kier molecular flexibility index (Phi) is 3.94. The number of nitrogens with zero attached hydrogens (tertiary/aromatic N) is 1. The molecule has 1 saturated carbocycles. The molecule has 0 amide bonds. The molecule has 1 aromatic rings. The molecule has 1 atom stereocenters. The molecule has 1 saturated heterocycles. The molecule has 22 heavy (non-hydrogen) atoms. The van der Waals surface area contributed by atoms with Crippen LogP contribution in [0.2, 0.25) is 0 Å². The fraction of sp³-hybridized carbons (Fsp3) is 0.571. The maximum atomic E-state index is 12.8. The molecule has 1 heterocycles. The van der Waals surface area contributed by atoms with E-state index in [4.69, 9.17) is 4.74 Å². The molecule has 1 aromatic carbocycles. The van der Waals surface area contributed by atoms with Crippen LogP contribution in [-0.2, 0) is 19.9 Å². The Bertz CT molecular complexity index is 751. The number of ether oxygens (including phenoxy) is 1. The number of hydrogen-bond donors (Lipinski definition) is 0. The van der Waals surface area contributed by atoms with Crippen molar-refractivity contribution in [2.24, 2.45) is 5.92 Å². The number of sulfone groups is 1. The van der Waals surface area contributed by atoms with Crippen LogP contribution < -0.4 is 4.74 Å². The second kappa shape index (κ2) is 5.50. The first kappa shape index (κ1) is 15.8. The van der Waals surface area contributed by atoms with Crippen LogP contribution in [-0.4, -0.2) is 52.3 Å². The summed E-state index contributed by atoms with van der Waals surface area (Å²) in [7, 11) is -5.31. The van der Waals surface area contributed by atoms with Gasteiger partial charge in [-0.05, 0) is 43.0 Å². The van der Waals surface area contributed by atoms with Crippen LogP contribution in [0, 0.1) is 5.92 Å². The van der Waals surface area contributed by atoms with Crippen molar-refractivity contribution < 1.29 is 21.6 Å². The smallest absolute Gasteiger partial charge is 0.243 e. The van der Waals surface area contributed by atoms with Crippen molar-refractivity contribution in [3.8, 4) is 5.75 Å². The predicted molar refractivity (Wildman–Crippen MR) is 82.1 cm³/mol. The van der Waals surface area contributed by atoms with Gasteiger partial charge in [-0.3, -0.25) is 0 Å². The van der Waals surface area contributed by atoms with Crippen LogP contribution >= 0.6 is 0 Å². The Morgan fingerprint density at radius 1 is 1.18 bits per heavy atom. The van der Waals surface area contributed by atoms with Gasteiger partial charge in [0.1, 0.15) is 5.75 Å². The van der Waals surface area contributed by atoms with Gasteiger partial charge in [-0.25, -0.2) is 16.8 Å². The van der Waals surface area contributed by atoms with Gasteiger partial charge < -0.3 is 4.74 Å². The number of hydrogen-bond acceptors (Lipinski definition) is 5. The van der Waals surface area contributed by atoms with Gasteiger partial charge in [0.2, 0.25) is 10.0 Å². The molecular formula is C14H19NO5S2. The van der Waals surface area contributed by atoms with E-state index in [9.17, 15) is 16.8 Å². The lowest BCUT2D eigenvalue weighted by Crippen LogP contribution is -2.52. The zero-order valence-corrected chi connectivity index (χ0v) is 13.9. The van der Waals surface area contributed by atoms with Gasteiger partial charge in [-0.1, -0.05) is 0 Å². The Morgan fingerprint density at radius 3 is 2.36 bits per heavy atom. The summed E-state index contributed by atoms with van der Waals surface area (Å²) in [6.45, 7) is 0.0395. The average Bonchev–Trinajstić information content (AvgIpc) is 3.30. The van der Waals surface area contributed by atoms with Crippen molar-refractivity contribution in [2.45, 2.75) is 23.8 Å². The van der Waals surface area contributed by atoms with Crippen molar-refractivity contribution in [1.82, 2.24) is 4.31 Å². The molecule has 8 heteroatoms. The topological polar surface area (TPSA) is 80.8 Å². The van der Waals surface area contributed by atoms with E-state index in [1.54, 1.807) is 12.1 Å². The predicted octanol–water partition coefficient (Wildman–Crippen LogP) is 0.893. The average molecular weight is 345 g/mol. The van der Waals surface area contributed by atoms with E-state index in [0.29, 0.717) is 5.75 Å². The molecule has 1 aliphatic carbocycles. The van der Waals surface area contributed by atoms with E-state index in [1.807, 2.05) is 0 Å². The van der Waals surface area contributed by atoms with Gasteiger partial charge in [0, 0.05) is 12.6 Å². The van der Waals surface area contributed by atoms with Crippen LogP contribution in [0.1, 0.15) is 12.8 Å². The van der Waals surface area contributed by atoms with Gasteiger partial charge in [0.05, 0.1) is 23.5 Å². The maximum absolute atomic E-state index is 12.8. The summed E-state index contributed by atoms with van der Waals surface area (Å²) in [5, 5.41) is 0. The Hall–Kier alpha value is -1.12.